The predicted octanol–water partition coefficient (Wildman–Crippen LogP) is 2.48. The number of hydrogen-bond donors (Lipinski definition) is 2. The molecule has 2 aromatic rings. The first-order valence-electron chi connectivity index (χ1n) is 9.05. The number of aliphatic imine (C=N–C) groups is 1. The van der Waals surface area contributed by atoms with Gasteiger partial charge in [-0.25, -0.2) is 4.99 Å². The summed E-state index contributed by atoms with van der Waals surface area (Å²) in [6, 6.07) is 11.4. The molecule has 2 rings (SSSR count). The molecule has 0 bridgehead atoms. The molecular weight excluding hydrogens is 346 g/mol. The molecule has 1 unspecified atom stereocenters. The van der Waals surface area contributed by atoms with Crippen molar-refractivity contribution >= 4 is 5.96 Å². The summed E-state index contributed by atoms with van der Waals surface area (Å²) in [5, 5.41) is 6.55. The molecule has 2 N–H and O–H groups in total. The molecule has 0 fully saturated rings. The van der Waals surface area contributed by atoms with Gasteiger partial charge < -0.3 is 29.3 Å². The molecule has 0 aliphatic carbocycles. The van der Waals surface area contributed by atoms with Gasteiger partial charge in [0.05, 0.1) is 26.5 Å². The number of benzene rings is 1. The zero-order valence-electron chi connectivity index (χ0n) is 16.2. The topological polar surface area (TPSA) is 77.2 Å². The Hall–Kier alpha value is -2.67. The number of rotatable bonds is 11. The summed E-state index contributed by atoms with van der Waals surface area (Å²) >= 11 is 0. The second-order valence-corrected chi connectivity index (χ2v) is 5.97. The fraction of sp³-hybridized carbons (Fsp3) is 0.450. The van der Waals surface area contributed by atoms with E-state index in [4.69, 9.17) is 18.6 Å². The summed E-state index contributed by atoms with van der Waals surface area (Å²) in [6.07, 6.45) is 2.38. The average Bonchev–Trinajstić information content (AvgIpc) is 3.19. The molecular formula is C20H29N3O4. The first kappa shape index (κ1) is 20.6. The molecule has 0 aliphatic heterocycles. The Bertz CT molecular complexity index is 674. The number of guanidine groups is 1. The summed E-state index contributed by atoms with van der Waals surface area (Å²) in [5.41, 5.74) is 0. The van der Waals surface area contributed by atoms with Crippen molar-refractivity contribution in [2.75, 3.05) is 40.5 Å². The summed E-state index contributed by atoms with van der Waals surface area (Å²) < 4.78 is 21.6. The molecule has 1 atom stereocenters. The van der Waals surface area contributed by atoms with E-state index in [9.17, 15) is 0 Å². The van der Waals surface area contributed by atoms with E-state index < -0.39 is 0 Å². The van der Waals surface area contributed by atoms with Crippen molar-refractivity contribution < 1.29 is 18.6 Å². The Morgan fingerprint density at radius 2 is 1.93 bits per heavy atom. The minimum absolute atomic E-state index is 0.0804. The van der Waals surface area contributed by atoms with Crippen molar-refractivity contribution in [3.05, 3.63) is 48.4 Å². The molecule has 0 amide bonds. The normalized spacial score (nSPS) is 12.5. The number of methoxy groups -OCH3 is 2. The maximum atomic E-state index is 5.91. The van der Waals surface area contributed by atoms with Gasteiger partial charge in [0.2, 0.25) is 0 Å². The Morgan fingerprint density at radius 1 is 1.11 bits per heavy atom. The van der Waals surface area contributed by atoms with Gasteiger partial charge in [-0.1, -0.05) is 6.07 Å². The Kier molecular flexibility index (Phi) is 9.06. The van der Waals surface area contributed by atoms with Crippen LogP contribution in [-0.4, -0.2) is 52.5 Å². The summed E-state index contributed by atoms with van der Waals surface area (Å²) in [6.45, 7) is 4.50. The highest BCUT2D eigenvalue weighted by Crippen LogP contribution is 2.19. The molecule has 27 heavy (non-hydrogen) atoms. The molecule has 148 valence electrons. The van der Waals surface area contributed by atoms with E-state index in [1.807, 2.05) is 43.3 Å². The summed E-state index contributed by atoms with van der Waals surface area (Å²) in [4.78, 5) is 4.61. The fourth-order valence-corrected chi connectivity index (χ4v) is 2.37. The van der Waals surface area contributed by atoms with Crippen LogP contribution in [0, 0.1) is 0 Å². The molecule has 0 saturated carbocycles. The van der Waals surface area contributed by atoms with Gasteiger partial charge in [-0.3, -0.25) is 0 Å². The lowest BCUT2D eigenvalue weighted by atomic mass is 10.3. The maximum Gasteiger partial charge on any atom is 0.191 e. The monoisotopic (exact) mass is 375 g/mol. The van der Waals surface area contributed by atoms with Crippen LogP contribution in [0.15, 0.2) is 52.1 Å². The molecule has 0 radical (unpaired) electrons. The largest absolute Gasteiger partial charge is 0.497 e. The van der Waals surface area contributed by atoms with E-state index >= 15 is 0 Å². The minimum atomic E-state index is -0.0804. The van der Waals surface area contributed by atoms with E-state index in [1.165, 1.54) is 0 Å². The van der Waals surface area contributed by atoms with Crippen LogP contribution < -0.4 is 20.1 Å². The van der Waals surface area contributed by atoms with Crippen molar-refractivity contribution in [1.82, 2.24) is 10.6 Å². The first-order valence-corrected chi connectivity index (χ1v) is 9.05. The molecule has 0 aliphatic rings. The zero-order valence-corrected chi connectivity index (χ0v) is 16.2. The van der Waals surface area contributed by atoms with E-state index in [2.05, 4.69) is 15.6 Å². The van der Waals surface area contributed by atoms with Crippen LogP contribution in [0.25, 0.3) is 0 Å². The highest BCUT2D eigenvalue weighted by molar-refractivity contribution is 5.79. The van der Waals surface area contributed by atoms with E-state index in [0.29, 0.717) is 19.7 Å². The Morgan fingerprint density at radius 3 is 2.67 bits per heavy atom. The van der Waals surface area contributed by atoms with E-state index in [0.717, 1.165) is 36.2 Å². The van der Waals surface area contributed by atoms with Crippen molar-refractivity contribution in [1.29, 1.82) is 0 Å². The number of hydrogen-bond acceptors (Lipinski definition) is 5. The molecule has 1 aromatic carbocycles. The van der Waals surface area contributed by atoms with E-state index in [1.54, 1.807) is 20.5 Å². The number of nitrogens with zero attached hydrogens (tertiary/aromatic N) is 1. The quantitative estimate of drug-likeness (QED) is 0.357. The van der Waals surface area contributed by atoms with Crippen LogP contribution in [-0.2, 0) is 11.2 Å². The van der Waals surface area contributed by atoms with Crippen LogP contribution >= 0.6 is 0 Å². The second kappa shape index (κ2) is 11.9. The van der Waals surface area contributed by atoms with E-state index in [-0.39, 0.29) is 6.10 Å². The van der Waals surface area contributed by atoms with Crippen LogP contribution in [0.4, 0.5) is 0 Å². The second-order valence-electron chi connectivity index (χ2n) is 5.97. The van der Waals surface area contributed by atoms with Gasteiger partial charge in [0, 0.05) is 32.7 Å². The van der Waals surface area contributed by atoms with Gasteiger partial charge in [-0.15, -0.1) is 0 Å². The fourth-order valence-electron chi connectivity index (χ4n) is 2.37. The third-order valence-electron chi connectivity index (χ3n) is 3.73. The number of furan rings is 1. The Balaban J connectivity index is 1.84. The summed E-state index contributed by atoms with van der Waals surface area (Å²) in [5.74, 6) is 3.19. The van der Waals surface area contributed by atoms with Crippen molar-refractivity contribution in [3.8, 4) is 11.5 Å². The molecule has 1 heterocycles. The van der Waals surface area contributed by atoms with Gasteiger partial charge in [0.1, 0.15) is 23.4 Å². The van der Waals surface area contributed by atoms with Crippen LogP contribution in [0.3, 0.4) is 0 Å². The molecule has 7 heteroatoms. The van der Waals surface area contributed by atoms with Crippen LogP contribution in [0.1, 0.15) is 12.7 Å². The van der Waals surface area contributed by atoms with Crippen LogP contribution in [0.2, 0.25) is 0 Å². The molecule has 0 saturated heterocycles. The van der Waals surface area contributed by atoms with Gasteiger partial charge >= 0.3 is 0 Å². The predicted molar refractivity (Wildman–Crippen MR) is 106 cm³/mol. The number of ether oxygens (including phenoxy) is 3. The molecule has 7 nitrogen and oxygen atoms in total. The lowest BCUT2D eigenvalue weighted by molar-refractivity contribution is 0.203. The third kappa shape index (κ3) is 8.04. The smallest absolute Gasteiger partial charge is 0.191 e. The molecule has 1 aromatic heterocycles. The van der Waals surface area contributed by atoms with Crippen LogP contribution in [0.5, 0.6) is 11.5 Å². The minimum Gasteiger partial charge on any atom is -0.497 e. The van der Waals surface area contributed by atoms with Gasteiger partial charge in [-0.2, -0.15) is 0 Å². The van der Waals surface area contributed by atoms with Crippen molar-refractivity contribution in [2.24, 2.45) is 4.99 Å². The lowest BCUT2D eigenvalue weighted by Crippen LogP contribution is -2.40. The average molecular weight is 375 g/mol. The summed E-state index contributed by atoms with van der Waals surface area (Å²) in [7, 11) is 3.31. The third-order valence-corrected chi connectivity index (χ3v) is 3.73. The first-order chi connectivity index (χ1) is 13.2. The van der Waals surface area contributed by atoms with Gasteiger partial charge in [0.25, 0.3) is 0 Å². The maximum absolute atomic E-state index is 5.91. The molecule has 0 spiro atoms. The lowest BCUT2D eigenvalue weighted by Gasteiger charge is -2.16. The SMILES string of the molecule is COCCNC(=NCC(C)Oc1cccc(OC)c1)NCCc1ccco1. The number of nitrogens with one attached hydrogen (secondary N) is 2. The highest BCUT2D eigenvalue weighted by atomic mass is 16.5. The highest BCUT2D eigenvalue weighted by Gasteiger charge is 2.06. The Labute approximate surface area is 160 Å². The van der Waals surface area contributed by atoms with Gasteiger partial charge in [0.15, 0.2) is 5.96 Å². The zero-order chi connectivity index (χ0) is 19.3. The van der Waals surface area contributed by atoms with Crippen molar-refractivity contribution in [3.63, 3.8) is 0 Å². The van der Waals surface area contributed by atoms with Gasteiger partial charge in [-0.05, 0) is 31.2 Å². The standard InChI is InChI=1S/C20H29N3O4/c1-16(27-19-7-4-6-18(14-19)25-3)15-23-20(22-11-13-24-2)21-10-9-17-8-5-12-26-17/h4-8,12,14,16H,9-11,13,15H2,1-3H3,(H2,21,22,23). The van der Waals surface area contributed by atoms with Crippen molar-refractivity contribution in [2.45, 2.75) is 19.4 Å².